The van der Waals surface area contributed by atoms with Crippen LogP contribution in [0.4, 0.5) is 0 Å². The summed E-state index contributed by atoms with van der Waals surface area (Å²) in [5.74, 6) is -0.267. The van der Waals surface area contributed by atoms with Crippen LogP contribution in [0.1, 0.15) is 11.1 Å². The zero-order chi connectivity index (χ0) is 14.2. The normalized spacial score (nSPS) is 11.5. The number of benzene rings is 2. The van der Waals surface area contributed by atoms with Gasteiger partial charge >= 0.3 is 0 Å². The molecule has 0 saturated carbocycles. The Morgan fingerprint density at radius 3 is 2.11 bits per heavy atom. The summed E-state index contributed by atoms with van der Waals surface area (Å²) in [6, 6.07) is 8.43. The van der Waals surface area contributed by atoms with E-state index in [9.17, 15) is 18.6 Å². The summed E-state index contributed by atoms with van der Waals surface area (Å²) in [4.78, 5) is -0.0589. The number of phenols is 2. The smallest absolute Gasteiger partial charge is 0.210 e. The van der Waals surface area contributed by atoms with Gasteiger partial charge in [0.05, 0.1) is 4.90 Å². The van der Waals surface area contributed by atoms with E-state index in [1.54, 1.807) is 19.9 Å². The van der Waals surface area contributed by atoms with Gasteiger partial charge in [-0.05, 0) is 55.3 Å². The average molecular weight is 278 g/mol. The molecule has 5 heteroatoms. The lowest BCUT2D eigenvalue weighted by Crippen LogP contribution is -2.04. The predicted octanol–water partition coefficient (Wildman–Crippen LogP) is 2.55. The van der Waals surface area contributed by atoms with Gasteiger partial charge in [-0.1, -0.05) is 6.07 Å². The maximum absolute atomic E-state index is 12.5. The molecule has 0 heterocycles. The maximum atomic E-state index is 12.5. The van der Waals surface area contributed by atoms with E-state index in [4.69, 9.17) is 0 Å². The highest BCUT2D eigenvalue weighted by molar-refractivity contribution is 7.91. The van der Waals surface area contributed by atoms with Crippen molar-refractivity contribution in [3.05, 3.63) is 47.5 Å². The minimum Gasteiger partial charge on any atom is -0.508 e. The Balaban J connectivity index is 2.65. The molecule has 0 bridgehead atoms. The fraction of sp³-hybridized carbons (Fsp3) is 0.143. The van der Waals surface area contributed by atoms with Crippen molar-refractivity contribution in [1.29, 1.82) is 0 Å². The predicted molar refractivity (Wildman–Crippen MR) is 71.1 cm³/mol. The van der Waals surface area contributed by atoms with Gasteiger partial charge in [-0.15, -0.1) is 0 Å². The summed E-state index contributed by atoms with van der Waals surface area (Å²) in [5, 5.41) is 19.1. The first kappa shape index (κ1) is 13.4. The number of hydrogen-bond acceptors (Lipinski definition) is 4. The molecule has 100 valence electrons. The quantitative estimate of drug-likeness (QED) is 0.885. The van der Waals surface area contributed by atoms with Crippen molar-refractivity contribution in [3.63, 3.8) is 0 Å². The van der Waals surface area contributed by atoms with Crippen molar-refractivity contribution in [1.82, 2.24) is 0 Å². The van der Waals surface area contributed by atoms with Gasteiger partial charge in [-0.2, -0.15) is 0 Å². The average Bonchev–Trinajstić information content (AvgIpc) is 2.27. The summed E-state index contributed by atoms with van der Waals surface area (Å²) in [6.07, 6.45) is 0. The molecular weight excluding hydrogens is 264 g/mol. The highest BCUT2D eigenvalue weighted by Crippen LogP contribution is 2.31. The first-order valence-electron chi connectivity index (χ1n) is 5.66. The van der Waals surface area contributed by atoms with Crippen LogP contribution in [-0.2, 0) is 9.84 Å². The second-order valence-electron chi connectivity index (χ2n) is 4.42. The zero-order valence-electron chi connectivity index (χ0n) is 10.6. The van der Waals surface area contributed by atoms with E-state index in [-0.39, 0.29) is 21.3 Å². The van der Waals surface area contributed by atoms with Crippen molar-refractivity contribution in [2.75, 3.05) is 0 Å². The Kier molecular flexibility index (Phi) is 3.24. The lowest BCUT2D eigenvalue weighted by Gasteiger charge is -2.10. The molecule has 2 aromatic carbocycles. The number of hydrogen-bond donors (Lipinski definition) is 2. The monoisotopic (exact) mass is 278 g/mol. The first-order chi connectivity index (χ1) is 8.82. The zero-order valence-corrected chi connectivity index (χ0v) is 11.4. The molecule has 2 aromatic rings. The van der Waals surface area contributed by atoms with Crippen molar-refractivity contribution < 1.29 is 18.6 Å². The third-order valence-corrected chi connectivity index (χ3v) is 4.81. The van der Waals surface area contributed by atoms with Crippen LogP contribution in [-0.4, -0.2) is 18.6 Å². The summed E-state index contributed by atoms with van der Waals surface area (Å²) in [5.41, 5.74) is 1.21. The molecule has 2 N–H and O–H groups in total. The molecule has 0 unspecified atom stereocenters. The van der Waals surface area contributed by atoms with Gasteiger partial charge in [0.25, 0.3) is 0 Å². The van der Waals surface area contributed by atoms with Crippen LogP contribution < -0.4 is 0 Å². The Morgan fingerprint density at radius 2 is 1.53 bits per heavy atom. The van der Waals surface area contributed by atoms with Crippen molar-refractivity contribution in [2.24, 2.45) is 0 Å². The van der Waals surface area contributed by atoms with Crippen LogP contribution in [0.15, 0.2) is 46.2 Å². The van der Waals surface area contributed by atoms with Crippen molar-refractivity contribution in [3.8, 4) is 11.5 Å². The van der Waals surface area contributed by atoms with Gasteiger partial charge in [0.15, 0.2) is 0 Å². The van der Waals surface area contributed by atoms with Crippen molar-refractivity contribution >= 4 is 9.84 Å². The first-order valence-corrected chi connectivity index (χ1v) is 7.15. The van der Waals surface area contributed by atoms with E-state index in [1.807, 2.05) is 0 Å². The number of rotatable bonds is 2. The highest BCUT2D eigenvalue weighted by Gasteiger charge is 2.23. The highest BCUT2D eigenvalue weighted by atomic mass is 32.2. The third kappa shape index (κ3) is 2.42. The summed E-state index contributed by atoms with van der Waals surface area (Å²) in [6.45, 7) is 3.36. The molecule has 4 nitrogen and oxygen atoms in total. The number of aromatic hydroxyl groups is 2. The molecule has 19 heavy (non-hydrogen) atoms. The molecule has 0 atom stereocenters. The Labute approximate surface area is 111 Å². The standard InChI is InChI=1S/C14H14O4S/c1-9-3-5-14(12(16)7-9)19(17,18)13-6-4-11(15)8-10(13)2/h3-8,15-16H,1-2H3. The lowest BCUT2D eigenvalue weighted by atomic mass is 10.2. The summed E-state index contributed by atoms with van der Waals surface area (Å²) < 4.78 is 24.9. The second-order valence-corrected chi connectivity index (χ2v) is 6.31. The Hall–Kier alpha value is -2.01. The molecule has 0 fully saturated rings. The van der Waals surface area contributed by atoms with Crippen LogP contribution in [0.3, 0.4) is 0 Å². The van der Waals surface area contributed by atoms with Crippen molar-refractivity contribution in [2.45, 2.75) is 23.6 Å². The molecule has 0 spiro atoms. The molecule has 2 rings (SSSR count). The van der Waals surface area contributed by atoms with E-state index in [0.29, 0.717) is 5.56 Å². The van der Waals surface area contributed by atoms with Crippen LogP contribution >= 0.6 is 0 Å². The fourth-order valence-electron chi connectivity index (χ4n) is 1.91. The lowest BCUT2D eigenvalue weighted by molar-refractivity contribution is 0.458. The van der Waals surface area contributed by atoms with Crippen LogP contribution in [0.5, 0.6) is 11.5 Å². The van der Waals surface area contributed by atoms with E-state index < -0.39 is 9.84 Å². The molecule has 0 aliphatic heterocycles. The van der Waals surface area contributed by atoms with E-state index >= 15 is 0 Å². The largest absolute Gasteiger partial charge is 0.508 e. The van der Waals surface area contributed by atoms with E-state index in [0.717, 1.165) is 5.56 Å². The summed E-state index contributed by atoms with van der Waals surface area (Å²) in [7, 11) is -3.79. The number of aryl methyl sites for hydroxylation is 2. The van der Waals surface area contributed by atoms with Crippen LogP contribution in [0.2, 0.25) is 0 Å². The molecule has 0 aliphatic carbocycles. The number of phenolic OH excluding ortho intramolecular Hbond substituents is 2. The van der Waals surface area contributed by atoms with E-state index in [1.165, 1.54) is 30.3 Å². The van der Waals surface area contributed by atoms with Crippen LogP contribution in [0, 0.1) is 13.8 Å². The molecule has 0 amide bonds. The second kappa shape index (κ2) is 4.59. The molecule has 0 radical (unpaired) electrons. The molecule has 0 aromatic heterocycles. The minimum absolute atomic E-state index is 0.00424. The SMILES string of the molecule is Cc1ccc(S(=O)(=O)c2ccc(O)cc2C)c(O)c1. The molecule has 0 aliphatic rings. The minimum atomic E-state index is -3.79. The molecule has 0 saturated heterocycles. The third-order valence-electron chi connectivity index (χ3n) is 2.85. The van der Waals surface area contributed by atoms with Gasteiger partial charge in [0.1, 0.15) is 16.4 Å². The fourth-order valence-corrected chi connectivity index (χ4v) is 3.46. The Bertz CT molecular complexity index is 676. The van der Waals surface area contributed by atoms with Gasteiger partial charge in [0.2, 0.25) is 9.84 Å². The summed E-state index contributed by atoms with van der Waals surface area (Å²) >= 11 is 0. The van der Waals surface area contributed by atoms with Gasteiger partial charge in [0, 0.05) is 0 Å². The van der Waals surface area contributed by atoms with Gasteiger partial charge in [-0.25, -0.2) is 8.42 Å². The maximum Gasteiger partial charge on any atom is 0.210 e. The van der Waals surface area contributed by atoms with Gasteiger partial charge < -0.3 is 10.2 Å². The number of sulfone groups is 1. The van der Waals surface area contributed by atoms with Crippen LogP contribution in [0.25, 0.3) is 0 Å². The van der Waals surface area contributed by atoms with E-state index in [2.05, 4.69) is 0 Å². The van der Waals surface area contributed by atoms with Gasteiger partial charge in [-0.3, -0.25) is 0 Å². The topological polar surface area (TPSA) is 74.6 Å². The Morgan fingerprint density at radius 1 is 0.895 bits per heavy atom. The molecular formula is C14H14O4S.